The Hall–Kier alpha value is -3.61. The number of amides is 3. The van der Waals surface area contributed by atoms with Crippen molar-refractivity contribution in [3.63, 3.8) is 0 Å². The van der Waals surface area contributed by atoms with Crippen LogP contribution in [-0.2, 0) is 9.59 Å². The molecule has 202 valence electrons. The highest BCUT2D eigenvalue weighted by Gasteiger charge is 2.25. The first kappa shape index (κ1) is 28.4. The van der Waals surface area contributed by atoms with Crippen LogP contribution in [0.2, 0.25) is 0 Å². The molecular formula is C30H32N4O3S2. The van der Waals surface area contributed by atoms with E-state index in [2.05, 4.69) is 22.0 Å². The molecule has 1 aliphatic rings. The van der Waals surface area contributed by atoms with E-state index < -0.39 is 5.25 Å². The van der Waals surface area contributed by atoms with Crippen LogP contribution in [0.25, 0.3) is 0 Å². The van der Waals surface area contributed by atoms with Gasteiger partial charge in [0, 0.05) is 22.2 Å². The lowest BCUT2D eigenvalue weighted by Crippen LogP contribution is -2.25. The van der Waals surface area contributed by atoms with Crippen molar-refractivity contribution in [3.05, 3.63) is 70.6 Å². The Morgan fingerprint density at radius 1 is 1.00 bits per heavy atom. The summed E-state index contributed by atoms with van der Waals surface area (Å²) in [5.41, 5.74) is 2.20. The van der Waals surface area contributed by atoms with Crippen LogP contribution >= 0.6 is 23.1 Å². The summed E-state index contributed by atoms with van der Waals surface area (Å²) in [7, 11) is 0. The Balaban J connectivity index is 1.43. The third kappa shape index (κ3) is 7.28. The summed E-state index contributed by atoms with van der Waals surface area (Å²) < 4.78 is 0. The van der Waals surface area contributed by atoms with Crippen LogP contribution in [0, 0.1) is 24.2 Å². The van der Waals surface area contributed by atoms with Crippen LogP contribution in [-0.4, -0.2) is 23.0 Å². The molecule has 1 aliphatic carbocycles. The van der Waals surface area contributed by atoms with Gasteiger partial charge in [-0.05, 0) is 62.1 Å². The number of hydrogen-bond donors (Lipinski definition) is 3. The maximum absolute atomic E-state index is 13.3. The molecule has 1 atom stereocenters. The molecule has 0 saturated heterocycles. The zero-order valence-electron chi connectivity index (χ0n) is 22.1. The highest BCUT2D eigenvalue weighted by atomic mass is 32.2. The maximum Gasteiger partial charge on any atom is 0.266 e. The number of benzene rings is 2. The van der Waals surface area contributed by atoms with E-state index >= 15 is 0 Å². The molecule has 7 nitrogen and oxygen atoms in total. The molecular weight excluding hydrogens is 528 g/mol. The van der Waals surface area contributed by atoms with Crippen molar-refractivity contribution in [2.75, 3.05) is 16.0 Å². The molecule has 0 aliphatic heterocycles. The van der Waals surface area contributed by atoms with Gasteiger partial charge in [0.2, 0.25) is 11.8 Å². The summed E-state index contributed by atoms with van der Waals surface area (Å²) in [5.74, 6) is -0.445. The van der Waals surface area contributed by atoms with Gasteiger partial charge in [0.15, 0.2) is 0 Å². The highest BCUT2D eigenvalue weighted by Crippen LogP contribution is 2.35. The van der Waals surface area contributed by atoms with Crippen molar-refractivity contribution in [2.24, 2.45) is 5.92 Å². The van der Waals surface area contributed by atoms with Crippen molar-refractivity contribution >= 4 is 57.2 Å². The predicted octanol–water partition coefficient (Wildman–Crippen LogP) is 7.21. The third-order valence-corrected chi connectivity index (χ3v) is 9.32. The number of thioether (sulfide) groups is 1. The first-order chi connectivity index (χ1) is 18.9. The smallest absolute Gasteiger partial charge is 0.266 e. The van der Waals surface area contributed by atoms with E-state index in [1.165, 1.54) is 18.2 Å². The van der Waals surface area contributed by atoms with Gasteiger partial charge < -0.3 is 16.0 Å². The highest BCUT2D eigenvalue weighted by molar-refractivity contribution is 8.00. The number of carbonyl (C=O) groups is 3. The van der Waals surface area contributed by atoms with E-state index in [0.29, 0.717) is 33.1 Å². The molecule has 1 fully saturated rings. The van der Waals surface area contributed by atoms with Gasteiger partial charge in [-0.2, -0.15) is 5.26 Å². The Morgan fingerprint density at radius 3 is 2.41 bits per heavy atom. The van der Waals surface area contributed by atoms with Crippen molar-refractivity contribution in [3.8, 4) is 6.07 Å². The molecule has 2 aromatic carbocycles. The fourth-order valence-electron chi connectivity index (χ4n) is 4.60. The number of nitrogens with zero attached hydrogens (tertiary/aromatic N) is 1. The number of rotatable bonds is 9. The van der Waals surface area contributed by atoms with Crippen molar-refractivity contribution < 1.29 is 14.4 Å². The van der Waals surface area contributed by atoms with E-state index in [1.54, 1.807) is 19.1 Å². The summed E-state index contributed by atoms with van der Waals surface area (Å²) in [5, 5.41) is 18.5. The van der Waals surface area contributed by atoms with Crippen molar-refractivity contribution in [1.29, 1.82) is 5.26 Å². The van der Waals surface area contributed by atoms with Crippen molar-refractivity contribution in [2.45, 2.75) is 62.5 Å². The largest absolute Gasteiger partial charge is 0.326 e. The van der Waals surface area contributed by atoms with E-state index in [1.807, 2.05) is 49.4 Å². The van der Waals surface area contributed by atoms with Crippen LogP contribution in [0.15, 0.2) is 59.5 Å². The molecule has 1 heterocycles. The summed E-state index contributed by atoms with van der Waals surface area (Å²) in [4.78, 5) is 40.1. The van der Waals surface area contributed by atoms with Crippen LogP contribution in [0.4, 0.5) is 16.4 Å². The number of thiophene rings is 1. The van der Waals surface area contributed by atoms with Crippen LogP contribution < -0.4 is 16.0 Å². The maximum atomic E-state index is 13.3. The van der Waals surface area contributed by atoms with Crippen LogP contribution in [0.3, 0.4) is 0 Å². The Kier molecular flexibility index (Phi) is 9.79. The molecule has 3 amide bonds. The minimum absolute atomic E-state index is 0.0610. The minimum Gasteiger partial charge on any atom is -0.326 e. The topological polar surface area (TPSA) is 111 Å². The second-order valence-corrected chi connectivity index (χ2v) is 11.8. The molecule has 0 bridgehead atoms. The summed E-state index contributed by atoms with van der Waals surface area (Å²) in [6.07, 6.45) is 5.80. The van der Waals surface area contributed by atoms with Gasteiger partial charge >= 0.3 is 0 Å². The molecule has 4 rings (SSSR count). The summed E-state index contributed by atoms with van der Waals surface area (Å²) in [6.45, 7) is 3.64. The lowest BCUT2D eigenvalue weighted by molar-refractivity contribution is -0.120. The van der Waals surface area contributed by atoms with E-state index in [0.717, 1.165) is 47.6 Å². The number of carbonyl (C=O) groups excluding carboxylic acids is 3. The number of anilines is 3. The summed E-state index contributed by atoms with van der Waals surface area (Å²) >= 11 is 2.50. The van der Waals surface area contributed by atoms with E-state index in [4.69, 9.17) is 0 Å². The monoisotopic (exact) mass is 560 g/mol. The number of nitrogens with one attached hydrogen (secondary N) is 3. The molecule has 9 heteroatoms. The van der Waals surface area contributed by atoms with Gasteiger partial charge in [0.25, 0.3) is 5.91 Å². The zero-order chi connectivity index (χ0) is 27.8. The molecule has 39 heavy (non-hydrogen) atoms. The van der Waals surface area contributed by atoms with Gasteiger partial charge in [-0.25, -0.2) is 0 Å². The molecule has 3 aromatic rings. The Morgan fingerprint density at radius 2 is 1.72 bits per heavy atom. The fourth-order valence-corrected chi connectivity index (χ4v) is 6.67. The number of nitriles is 1. The van der Waals surface area contributed by atoms with E-state index in [9.17, 15) is 19.6 Å². The normalized spacial score (nSPS) is 14.2. The van der Waals surface area contributed by atoms with Gasteiger partial charge in [-0.15, -0.1) is 23.1 Å². The third-order valence-electron chi connectivity index (χ3n) is 6.75. The SMILES string of the molecule is CCC(Sc1cccc(NC(=O)C2CCCCC2)c1)C(=O)Nc1sc(C(=O)Nc2ccccc2)c(C)c1C#N. The Bertz CT molecular complexity index is 1370. The lowest BCUT2D eigenvalue weighted by Gasteiger charge is -2.21. The fraction of sp³-hybridized carbons (Fsp3) is 0.333. The zero-order valence-corrected chi connectivity index (χ0v) is 23.7. The van der Waals surface area contributed by atoms with Gasteiger partial charge in [-0.1, -0.05) is 50.5 Å². The molecule has 3 N–H and O–H groups in total. The van der Waals surface area contributed by atoms with Crippen molar-refractivity contribution in [1.82, 2.24) is 0 Å². The second-order valence-electron chi connectivity index (χ2n) is 9.55. The van der Waals surface area contributed by atoms with Gasteiger partial charge in [0.05, 0.1) is 15.7 Å². The number of hydrogen-bond acceptors (Lipinski definition) is 6. The van der Waals surface area contributed by atoms with Gasteiger partial charge in [-0.3, -0.25) is 14.4 Å². The predicted molar refractivity (Wildman–Crippen MR) is 158 cm³/mol. The molecule has 1 aromatic heterocycles. The molecule has 0 spiro atoms. The quantitative estimate of drug-likeness (QED) is 0.240. The first-order valence-corrected chi connectivity index (χ1v) is 14.9. The summed E-state index contributed by atoms with van der Waals surface area (Å²) in [6, 6.07) is 18.8. The standard InChI is InChI=1S/C30H32N4O3S2/c1-3-25(38-23-16-10-15-22(17-23)33-27(35)20-11-6-4-7-12-20)28(36)34-30-24(18-31)19(2)26(39-30)29(37)32-21-13-8-5-9-14-21/h5,8-10,13-17,20,25H,3-4,6-7,11-12H2,1-2H3,(H,32,37)(H,33,35)(H,34,36). The number of para-hydroxylation sites is 1. The second kappa shape index (κ2) is 13.5. The average molecular weight is 561 g/mol. The minimum atomic E-state index is -0.426. The van der Waals surface area contributed by atoms with Crippen LogP contribution in [0.5, 0.6) is 0 Å². The molecule has 1 unspecified atom stereocenters. The first-order valence-electron chi connectivity index (χ1n) is 13.2. The molecule has 1 saturated carbocycles. The average Bonchev–Trinajstić information content (AvgIpc) is 3.27. The Labute approximate surface area is 237 Å². The van der Waals surface area contributed by atoms with Crippen LogP contribution in [0.1, 0.15) is 66.2 Å². The molecule has 0 radical (unpaired) electrons. The van der Waals surface area contributed by atoms with E-state index in [-0.39, 0.29) is 23.6 Å². The van der Waals surface area contributed by atoms with Gasteiger partial charge in [0.1, 0.15) is 11.1 Å². The lowest BCUT2D eigenvalue weighted by atomic mass is 9.88.